The van der Waals surface area contributed by atoms with Gasteiger partial charge in [0.1, 0.15) is 0 Å². The van der Waals surface area contributed by atoms with Crippen molar-refractivity contribution in [1.82, 2.24) is 0 Å². The SMILES string of the molecule is COCCC(C)CCC[C@@H](C)[C@H]1CC[C@H]2[C@@H]3CC=C4C[C@@H](OCCS(=O)CCC(=O)OC)CC[C@]4(C)[C@H]3CC[C@]12C. The molecule has 0 bridgehead atoms. The maximum absolute atomic E-state index is 12.2. The Balaban J connectivity index is 1.28. The smallest absolute Gasteiger partial charge is 0.306 e. The van der Waals surface area contributed by atoms with Crippen molar-refractivity contribution < 1.29 is 23.2 Å². The van der Waals surface area contributed by atoms with Gasteiger partial charge in [0.2, 0.25) is 0 Å². The summed E-state index contributed by atoms with van der Waals surface area (Å²) in [6.07, 6.45) is 18.7. The van der Waals surface area contributed by atoms with Crippen LogP contribution in [0.5, 0.6) is 0 Å². The van der Waals surface area contributed by atoms with Crippen LogP contribution in [0, 0.1) is 46.3 Å². The van der Waals surface area contributed by atoms with Gasteiger partial charge in [0.15, 0.2) is 0 Å². The second-order valence-corrected chi connectivity index (χ2v) is 16.4. The molecule has 3 fully saturated rings. The first kappa shape index (κ1) is 33.2. The second kappa shape index (κ2) is 14.8. The fourth-order valence-electron chi connectivity index (χ4n) is 9.91. The number of carbonyl (C=O) groups excluding carboxylic acids is 1. The standard InChI is InChI=1S/C35H60O5S/c1-25(16-20-38-5)8-7-9-26(2)30-12-13-31-29-11-10-27-24-28(40-21-23-41(37)22-17-33(36)39-6)14-18-34(27,3)32(29)15-19-35(30,31)4/h10,25-26,28-32H,7-9,11-24H2,1-6H3/t25?,26-,28+,29+,30-,31+,32+,34+,35-,41?/m1/s1. The van der Waals surface area contributed by atoms with E-state index in [-0.39, 0.29) is 18.5 Å². The molecule has 0 heterocycles. The number of fused-ring (bicyclic) bond motifs is 5. The molecule has 0 N–H and O–H groups in total. The second-order valence-electron chi connectivity index (χ2n) is 14.7. The van der Waals surface area contributed by atoms with Crippen LogP contribution in [0.3, 0.4) is 0 Å². The summed E-state index contributed by atoms with van der Waals surface area (Å²) in [5.41, 5.74) is 2.50. The van der Waals surface area contributed by atoms with E-state index in [1.54, 1.807) is 5.57 Å². The van der Waals surface area contributed by atoms with Gasteiger partial charge in [-0.05, 0) is 104 Å². The summed E-state index contributed by atoms with van der Waals surface area (Å²) in [5.74, 6) is 5.63. The quantitative estimate of drug-likeness (QED) is 0.144. The summed E-state index contributed by atoms with van der Waals surface area (Å²) in [7, 11) is 2.16. The molecule has 0 aromatic rings. The van der Waals surface area contributed by atoms with Crippen molar-refractivity contribution in [3.63, 3.8) is 0 Å². The lowest BCUT2D eigenvalue weighted by Gasteiger charge is -2.58. The molecule has 0 aromatic heterocycles. The molecular formula is C35H60O5S. The van der Waals surface area contributed by atoms with Gasteiger partial charge in [0.25, 0.3) is 0 Å². The van der Waals surface area contributed by atoms with E-state index < -0.39 is 10.8 Å². The Bertz CT molecular complexity index is 918. The number of esters is 1. The third kappa shape index (κ3) is 7.69. The summed E-state index contributed by atoms with van der Waals surface area (Å²) < 4.78 is 28.4. The number of rotatable bonds is 15. The zero-order chi connectivity index (χ0) is 29.6. The monoisotopic (exact) mass is 592 g/mol. The summed E-state index contributed by atoms with van der Waals surface area (Å²) in [5, 5.41) is 0. The minimum Gasteiger partial charge on any atom is -0.469 e. The third-order valence-corrected chi connectivity index (χ3v) is 13.7. The fourth-order valence-corrected chi connectivity index (χ4v) is 10.8. The van der Waals surface area contributed by atoms with Gasteiger partial charge >= 0.3 is 5.97 Å². The van der Waals surface area contributed by atoms with Gasteiger partial charge in [0, 0.05) is 36.0 Å². The minimum absolute atomic E-state index is 0.217. The van der Waals surface area contributed by atoms with Gasteiger partial charge in [-0.25, -0.2) is 0 Å². The molecule has 0 aromatic carbocycles. The highest BCUT2D eigenvalue weighted by molar-refractivity contribution is 7.85. The van der Waals surface area contributed by atoms with Crippen LogP contribution in [-0.4, -0.2) is 55.2 Å². The number of methoxy groups -OCH3 is 2. The van der Waals surface area contributed by atoms with E-state index in [2.05, 4.69) is 38.5 Å². The molecule has 6 heteroatoms. The Morgan fingerprint density at radius 2 is 1.80 bits per heavy atom. The molecular weight excluding hydrogens is 532 g/mol. The predicted molar refractivity (Wildman–Crippen MR) is 168 cm³/mol. The number of hydrogen-bond acceptors (Lipinski definition) is 5. The van der Waals surface area contributed by atoms with E-state index in [0.29, 0.717) is 28.9 Å². The van der Waals surface area contributed by atoms with Gasteiger partial charge in [-0.3, -0.25) is 9.00 Å². The molecule has 41 heavy (non-hydrogen) atoms. The van der Waals surface area contributed by atoms with E-state index in [1.807, 2.05) is 7.11 Å². The Hall–Kier alpha value is -0.720. The predicted octanol–water partition coefficient (Wildman–Crippen LogP) is 7.74. The Morgan fingerprint density at radius 3 is 2.56 bits per heavy atom. The van der Waals surface area contributed by atoms with Crippen LogP contribution in [-0.2, 0) is 29.8 Å². The van der Waals surface area contributed by atoms with Crippen molar-refractivity contribution in [1.29, 1.82) is 0 Å². The zero-order valence-electron chi connectivity index (χ0n) is 27.1. The lowest BCUT2D eigenvalue weighted by Crippen LogP contribution is -2.51. The van der Waals surface area contributed by atoms with Crippen LogP contribution in [0.4, 0.5) is 0 Å². The minimum atomic E-state index is -1.03. The lowest BCUT2D eigenvalue weighted by molar-refractivity contribution is -0.140. The third-order valence-electron chi connectivity index (χ3n) is 12.4. The Kier molecular flexibility index (Phi) is 12.0. The Morgan fingerprint density at radius 1 is 1.00 bits per heavy atom. The largest absolute Gasteiger partial charge is 0.469 e. The fraction of sp³-hybridized carbons (Fsp3) is 0.914. The molecule has 0 spiro atoms. The molecule has 5 nitrogen and oxygen atoms in total. The normalized spacial score (nSPS) is 36.8. The molecule has 2 unspecified atom stereocenters. The van der Waals surface area contributed by atoms with E-state index in [1.165, 1.54) is 71.3 Å². The number of hydrogen-bond donors (Lipinski definition) is 0. The molecule has 236 valence electrons. The van der Waals surface area contributed by atoms with E-state index in [0.717, 1.165) is 55.0 Å². The highest BCUT2D eigenvalue weighted by atomic mass is 32.2. The average Bonchev–Trinajstić information content (AvgIpc) is 3.32. The van der Waals surface area contributed by atoms with Crippen molar-refractivity contribution in [2.24, 2.45) is 46.3 Å². The number of allylic oxidation sites excluding steroid dienone is 1. The molecule has 0 amide bonds. The molecule has 0 aliphatic heterocycles. The van der Waals surface area contributed by atoms with Crippen LogP contribution < -0.4 is 0 Å². The summed E-state index contributed by atoms with van der Waals surface area (Å²) in [4.78, 5) is 11.3. The highest BCUT2D eigenvalue weighted by Gasteiger charge is 2.59. The first-order chi connectivity index (χ1) is 19.6. The van der Waals surface area contributed by atoms with Crippen molar-refractivity contribution in [2.75, 3.05) is 38.9 Å². The van der Waals surface area contributed by atoms with E-state index >= 15 is 0 Å². The van der Waals surface area contributed by atoms with Crippen molar-refractivity contribution in [2.45, 2.75) is 117 Å². The molecule has 4 aliphatic carbocycles. The molecule has 4 aliphatic rings. The van der Waals surface area contributed by atoms with Crippen molar-refractivity contribution in [3.8, 4) is 0 Å². The molecule has 3 saturated carbocycles. The number of ether oxygens (including phenoxy) is 3. The summed E-state index contributed by atoms with van der Waals surface area (Å²) in [6, 6.07) is 0. The van der Waals surface area contributed by atoms with Crippen LogP contribution in [0.15, 0.2) is 11.6 Å². The van der Waals surface area contributed by atoms with Gasteiger partial charge in [-0.2, -0.15) is 0 Å². The average molecular weight is 593 g/mol. The van der Waals surface area contributed by atoms with Gasteiger partial charge in [0.05, 0.1) is 26.2 Å². The molecule has 0 radical (unpaired) electrons. The molecule has 0 saturated heterocycles. The van der Waals surface area contributed by atoms with Crippen LogP contribution in [0.2, 0.25) is 0 Å². The molecule has 4 rings (SSSR count). The maximum Gasteiger partial charge on any atom is 0.306 e. The van der Waals surface area contributed by atoms with Gasteiger partial charge in [-0.15, -0.1) is 0 Å². The first-order valence-electron chi connectivity index (χ1n) is 16.8. The summed E-state index contributed by atoms with van der Waals surface area (Å²) >= 11 is 0. The summed E-state index contributed by atoms with van der Waals surface area (Å²) in [6.45, 7) is 11.6. The highest BCUT2D eigenvalue weighted by Crippen LogP contribution is 2.67. The maximum atomic E-state index is 12.2. The van der Waals surface area contributed by atoms with Gasteiger partial charge in [-0.1, -0.05) is 58.6 Å². The Labute approximate surface area is 253 Å². The first-order valence-corrected chi connectivity index (χ1v) is 18.3. The van der Waals surface area contributed by atoms with Crippen molar-refractivity contribution in [3.05, 3.63) is 11.6 Å². The zero-order valence-corrected chi connectivity index (χ0v) is 27.9. The van der Waals surface area contributed by atoms with Crippen molar-refractivity contribution >= 4 is 16.8 Å². The molecule has 10 atom stereocenters. The van der Waals surface area contributed by atoms with Crippen LogP contribution in [0.25, 0.3) is 0 Å². The van der Waals surface area contributed by atoms with E-state index in [4.69, 9.17) is 9.47 Å². The van der Waals surface area contributed by atoms with E-state index in [9.17, 15) is 9.00 Å². The van der Waals surface area contributed by atoms with Crippen LogP contribution in [0.1, 0.15) is 111 Å². The van der Waals surface area contributed by atoms with Crippen LogP contribution >= 0.6 is 0 Å². The topological polar surface area (TPSA) is 61.8 Å². The van der Waals surface area contributed by atoms with Gasteiger partial charge < -0.3 is 14.2 Å². The number of carbonyl (C=O) groups is 1. The lowest BCUT2D eigenvalue weighted by atomic mass is 9.47.